The third kappa shape index (κ3) is 18.7. The maximum Gasteiger partial charge on any atom is 0.410 e. The maximum atomic E-state index is 12.5. The van der Waals surface area contributed by atoms with Gasteiger partial charge >= 0.3 is 24.0 Å². The zero-order valence-electron chi connectivity index (χ0n) is 26.8. The van der Waals surface area contributed by atoms with E-state index in [9.17, 15) is 33.6 Å². The summed E-state index contributed by atoms with van der Waals surface area (Å²) in [5.41, 5.74) is 4.04. The van der Waals surface area contributed by atoms with Crippen molar-refractivity contribution in [1.82, 2.24) is 36.2 Å². The first kappa shape index (κ1) is 40.0. The molecule has 7 N–H and O–H groups in total. The first-order valence-corrected chi connectivity index (χ1v) is 15.2. The van der Waals surface area contributed by atoms with E-state index in [1.54, 1.807) is 25.7 Å². The van der Waals surface area contributed by atoms with Crippen LogP contribution >= 0.6 is 0 Å². The highest BCUT2D eigenvalue weighted by Crippen LogP contribution is 2.20. The first-order chi connectivity index (χ1) is 21.6. The van der Waals surface area contributed by atoms with Crippen LogP contribution in [0, 0.1) is 0 Å². The molecule has 1 atom stereocenters. The normalized spacial score (nSPS) is 14.6. The number of carboxylic acids is 3. The molecule has 1 aliphatic rings. The fraction of sp³-hybridized carbons (Fsp3) is 0.750. The third-order valence-electron chi connectivity index (χ3n) is 6.61. The number of aliphatic carboxylic acids is 3. The highest BCUT2D eigenvalue weighted by Gasteiger charge is 2.36. The zero-order valence-corrected chi connectivity index (χ0v) is 26.8. The van der Waals surface area contributed by atoms with E-state index in [0.29, 0.717) is 45.2 Å². The van der Waals surface area contributed by atoms with Gasteiger partial charge in [0.05, 0.1) is 26.2 Å². The molecule has 1 rings (SSSR count). The summed E-state index contributed by atoms with van der Waals surface area (Å²) >= 11 is 0. The van der Waals surface area contributed by atoms with Gasteiger partial charge < -0.3 is 30.7 Å². The van der Waals surface area contributed by atoms with Crippen molar-refractivity contribution < 1.29 is 53.6 Å². The van der Waals surface area contributed by atoms with Crippen molar-refractivity contribution in [3.8, 4) is 0 Å². The Morgan fingerprint density at radius 2 is 1.43 bits per heavy atom. The molecule has 0 radical (unpaired) electrons. The van der Waals surface area contributed by atoms with Gasteiger partial charge in [-0.2, -0.15) is 0 Å². The Morgan fingerprint density at radius 1 is 0.783 bits per heavy atom. The van der Waals surface area contributed by atoms with Crippen LogP contribution in [0.15, 0.2) is 0 Å². The number of carboxylic acid groups (broad SMARTS) is 3. The zero-order chi connectivity index (χ0) is 34.7. The Balaban J connectivity index is 2.38. The van der Waals surface area contributed by atoms with Gasteiger partial charge in [-0.1, -0.05) is 6.42 Å². The lowest BCUT2D eigenvalue weighted by molar-refractivity contribution is -0.142. The Kier molecular flexibility index (Phi) is 18.2. The van der Waals surface area contributed by atoms with Crippen molar-refractivity contribution in [1.29, 1.82) is 0 Å². The lowest BCUT2D eigenvalue weighted by Crippen LogP contribution is -2.52. The van der Waals surface area contributed by atoms with E-state index in [2.05, 4.69) is 21.5 Å². The molecule has 1 fully saturated rings. The van der Waals surface area contributed by atoms with Gasteiger partial charge in [0.25, 0.3) is 5.91 Å². The standard InChI is InChI=1S/C28H49N7O11/c1-28(2,3)46-27(45)35-12-7-8-20(35)26(44)32-31-21(36)9-5-4-6-10-30-22(37)17-33(13-11-29-16-23(38)39)14-15-34(18-24(40)41)19-25(42)43/h20,29H,4-19H2,1-3H3,(H,30,37)(H,31,36)(H,32,44)(H,38,39)(H,40,41)(H,42,43)/t20-/m1/s1. The summed E-state index contributed by atoms with van der Waals surface area (Å²) in [6, 6.07) is -0.732. The van der Waals surface area contributed by atoms with E-state index < -0.39 is 60.5 Å². The second kappa shape index (κ2) is 20.9. The number of nitrogens with zero attached hydrogens (tertiary/aromatic N) is 3. The second-order valence-electron chi connectivity index (χ2n) is 11.9. The highest BCUT2D eigenvalue weighted by molar-refractivity contribution is 5.88. The average Bonchev–Trinajstić information content (AvgIpc) is 3.43. The van der Waals surface area contributed by atoms with Crippen molar-refractivity contribution in [3.63, 3.8) is 0 Å². The molecule has 18 nitrogen and oxygen atoms in total. The number of unbranched alkanes of at least 4 members (excludes halogenated alkanes) is 2. The van der Waals surface area contributed by atoms with E-state index in [1.807, 2.05) is 0 Å². The Labute approximate surface area is 268 Å². The summed E-state index contributed by atoms with van der Waals surface area (Å²) < 4.78 is 5.35. The number of likely N-dealkylation sites (tertiary alicyclic amines) is 1. The summed E-state index contributed by atoms with van der Waals surface area (Å²) in [7, 11) is 0. The van der Waals surface area contributed by atoms with Crippen LogP contribution in [0.4, 0.5) is 4.79 Å². The van der Waals surface area contributed by atoms with Gasteiger partial charge in [0.2, 0.25) is 11.8 Å². The van der Waals surface area contributed by atoms with Gasteiger partial charge in [-0.3, -0.25) is 54.3 Å². The van der Waals surface area contributed by atoms with Gasteiger partial charge in [-0.15, -0.1) is 0 Å². The van der Waals surface area contributed by atoms with Crippen molar-refractivity contribution in [2.45, 2.75) is 70.9 Å². The van der Waals surface area contributed by atoms with E-state index in [-0.39, 0.29) is 51.6 Å². The minimum atomic E-state index is -1.19. The van der Waals surface area contributed by atoms with Gasteiger partial charge in [0, 0.05) is 45.7 Å². The minimum absolute atomic E-state index is 0.0655. The van der Waals surface area contributed by atoms with Crippen LogP contribution in [0.25, 0.3) is 0 Å². The summed E-state index contributed by atoms with van der Waals surface area (Å²) in [4.78, 5) is 86.7. The summed E-state index contributed by atoms with van der Waals surface area (Å²) in [6.45, 7) is 5.35. The third-order valence-corrected chi connectivity index (χ3v) is 6.61. The van der Waals surface area contributed by atoms with E-state index in [0.717, 1.165) is 0 Å². The molecule has 1 heterocycles. The number of hydrogen-bond acceptors (Lipinski definition) is 11. The molecule has 1 aliphatic heterocycles. The van der Waals surface area contributed by atoms with E-state index in [4.69, 9.17) is 20.1 Å². The molecule has 0 aliphatic carbocycles. The van der Waals surface area contributed by atoms with Crippen LogP contribution < -0.4 is 21.5 Å². The molecular formula is C28H49N7O11. The summed E-state index contributed by atoms with van der Waals surface area (Å²) in [6.07, 6.45) is 2.33. The second-order valence-corrected chi connectivity index (χ2v) is 11.9. The number of carbonyl (C=O) groups is 7. The Morgan fingerprint density at radius 3 is 2.04 bits per heavy atom. The average molecular weight is 660 g/mol. The molecule has 1 saturated heterocycles. The number of rotatable bonds is 21. The molecule has 0 aromatic rings. The number of hydrogen-bond donors (Lipinski definition) is 7. The fourth-order valence-corrected chi connectivity index (χ4v) is 4.51. The SMILES string of the molecule is CC(C)(C)OC(=O)N1CCC[C@@H]1C(=O)NNC(=O)CCCCCNC(=O)CN(CCNCC(=O)O)CCN(CC(=O)O)CC(=O)O. The van der Waals surface area contributed by atoms with Crippen LogP contribution in [0.5, 0.6) is 0 Å². The summed E-state index contributed by atoms with van der Waals surface area (Å²) in [5, 5.41) is 32.3. The van der Waals surface area contributed by atoms with Crippen LogP contribution in [0.1, 0.15) is 59.3 Å². The maximum absolute atomic E-state index is 12.5. The first-order valence-electron chi connectivity index (χ1n) is 15.2. The highest BCUT2D eigenvalue weighted by atomic mass is 16.6. The predicted octanol–water partition coefficient (Wildman–Crippen LogP) is -1.34. The number of carbonyl (C=O) groups excluding carboxylic acids is 4. The number of ether oxygens (including phenoxy) is 1. The van der Waals surface area contributed by atoms with Crippen LogP contribution in [-0.4, -0.2) is 149 Å². The lowest BCUT2D eigenvalue weighted by atomic mass is 10.2. The molecule has 18 heteroatoms. The van der Waals surface area contributed by atoms with Gasteiger partial charge in [0.1, 0.15) is 11.6 Å². The van der Waals surface area contributed by atoms with Crippen molar-refractivity contribution in [2.24, 2.45) is 0 Å². The van der Waals surface area contributed by atoms with E-state index in [1.165, 1.54) is 9.80 Å². The fourth-order valence-electron chi connectivity index (χ4n) is 4.51. The van der Waals surface area contributed by atoms with Gasteiger partial charge in [-0.05, 0) is 46.5 Å². The molecule has 0 saturated carbocycles. The lowest BCUT2D eigenvalue weighted by Gasteiger charge is -2.28. The number of nitrogens with one attached hydrogen (secondary N) is 4. The Hall–Kier alpha value is -4.03. The topological polar surface area (TPSA) is 247 Å². The molecule has 0 spiro atoms. The van der Waals surface area contributed by atoms with Crippen LogP contribution in [0.2, 0.25) is 0 Å². The Bertz CT molecular complexity index is 1040. The van der Waals surface area contributed by atoms with Gasteiger partial charge in [-0.25, -0.2) is 4.79 Å². The van der Waals surface area contributed by atoms with E-state index >= 15 is 0 Å². The molecule has 0 aromatic heterocycles. The largest absolute Gasteiger partial charge is 0.480 e. The number of hydrazine groups is 1. The van der Waals surface area contributed by atoms with Crippen LogP contribution in [-0.2, 0) is 33.5 Å². The van der Waals surface area contributed by atoms with Crippen molar-refractivity contribution >= 4 is 41.7 Å². The predicted molar refractivity (Wildman–Crippen MR) is 162 cm³/mol. The molecular weight excluding hydrogens is 610 g/mol. The van der Waals surface area contributed by atoms with Crippen LogP contribution in [0.3, 0.4) is 0 Å². The number of amides is 4. The quantitative estimate of drug-likeness (QED) is 0.0557. The molecule has 0 unspecified atom stereocenters. The molecule has 46 heavy (non-hydrogen) atoms. The molecule has 0 aromatic carbocycles. The molecule has 4 amide bonds. The van der Waals surface area contributed by atoms with Crippen molar-refractivity contribution in [2.75, 3.05) is 65.4 Å². The van der Waals surface area contributed by atoms with Crippen molar-refractivity contribution in [3.05, 3.63) is 0 Å². The monoisotopic (exact) mass is 659 g/mol. The van der Waals surface area contributed by atoms with Gasteiger partial charge in [0.15, 0.2) is 0 Å². The minimum Gasteiger partial charge on any atom is -0.480 e. The molecule has 262 valence electrons. The molecule has 0 bridgehead atoms. The smallest absolute Gasteiger partial charge is 0.410 e. The summed E-state index contributed by atoms with van der Waals surface area (Å²) in [5.74, 6) is -4.64.